The number of halogens is 3. The molecule has 6 heteroatoms. The predicted octanol–water partition coefficient (Wildman–Crippen LogP) is 0.884. The van der Waals surface area contributed by atoms with E-state index in [1.807, 2.05) is 0 Å². The highest BCUT2D eigenvalue weighted by Crippen LogP contribution is 2.43. The molecule has 1 aliphatic heterocycles. The fourth-order valence-corrected chi connectivity index (χ4v) is 1.85. The Balaban J connectivity index is 0.00000112. The van der Waals surface area contributed by atoms with Gasteiger partial charge in [0, 0.05) is 38.9 Å². The quantitative estimate of drug-likeness (QED) is 0.777. The third kappa shape index (κ3) is 2.39. The Labute approximate surface area is 93.6 Å². The molecule has 88 valence electrons. The van der Waals surface area contributed by atoms with Crippen LogP contribution in [0.4, 0.5) is 8.78 Å². The van der Waals surface area contributed by atoms with Crippen molar-refractivity contribution >= 4 is 18.3 Å². The summed E-state index contributed by atoms with van der Waals surface area (Å²) in [6, 6.07) is 0.205. The summed E-state index contributed by atoms with van der Waals surface area (Å²) in [6.45, 7) is 1.57. The summed E-state index contributed by atoms with van der Waals surface area (Å²) >= 11 is 0. The summed E-state index contributed by atoms with van der Waals surface area (Å²) in [5, 5.41) is 3.05. The number of likely N-dealkylation sites (N-methyl/N-ethyl adjacent to an activating group) is 1. The van der Waals surface area contributed by atoms with Gasteiger partial charge in [-0.2, -0.15) is 0 Å². The largest absolute Gasteiger partial charge is 0.340 e. The van der Waals surface area contributed by atoms with Gasteiger partial charge in [0.25, 0.3) is 0 Å². The molecule has 0 aromatic rings. The maximum absolute atomic E-state index is 12.5. The summed E-state index contributed by atoms with van der Waals surface area (Å²) in [5.74, 6) is -3.17. The minimum atomic E-state index is -2.60. The maximum Gasteiger partial charge on any atom is 0.249 e. The molecule has 2 aliphatic rings. The summed E-state index contributed by atoms with van der Waals surface area (Å²) in [4.78, 5) is 13.2. The van der Waals surface area contributed by atoms with Crippen molar-refractivity contribution < 1.29 is 13.6 Å². The number of carbonyl (C=O) groups excluding carboxylic acids is 1. The maximum atomic E-state index is 12.5. The zero-order chi connectivity index (χ0) is 10.3. The number of hydrogen-bond donors (Lipinski definition) is 1. The van der Waals surface area contributed by atoms with Gasteiger partial charge in [0.2, 0.25) is 11.8 Å². The van der Waals surface area contributed by atoms with Crippen molar-refractivity contribution in [3.8, 4) is 0 Å². The normalized spacial score (nSPS) is 24.7. The summed E-state index contributed by atoms with van der Waals surface area (Å²) in [6.07, 6.45) is -0.535. The van der Waals surface area contributed by atoms with E-state index in [2.05, 4.69) is 5.32 Å². The van der Waals surface area contributed by atoms with Crippen LogP contribution in [0.3, 0.4) is 0 Å². The lowest BCUT2D eigenvalue weighted by atomic mass is 9.80. The molecule has 15 heavy (non-hydrogen) atoms. The Kier molecular flexibility index (Phi) is 3.55. The third-order valence-corrected chi connectivity index (χ3v) is 3.09. The number of nitrogens with zero attached hydrogens (tertiary/aromatic N) is 1. The van der Waals surface area contributed by atoms with Crippen LogP contribution in [0.5, 0.6) is 0 Å². The first-order chi connectivity index (χ1) is 6.49. The van der Waals surface area contributed by atoms with E-state index in [1.54, 1.807) is 11.9 Å². The van der Waals surface area contributed by atoms with Crippen molar-refractivity contribution in [1.29, 1.82) is 0 Å². The van der Waals surface area contributed by atoms with E-state index in [-0.39, 0.29) is 37.2 Å². The highest BCUT2D eigenvalue weighted by Gasteiger charge is 2.50. The summed E-state index contributed by atoms with van der Waals surface area (Å²) < 4.78 is 25.1. The van der Waals surface area contributed by atoms with Gasteiger partial charge in [0.15, 0.2) is 0 Å². The minimum absolute atomic E-state index is 0. The fraction of sp³-hybridized carbons (Fsp3) is 0.889. The van der Waals surface area contributed by atoms with Crippen LogP contribution in [0.2, 0.25) is 0 Å². The first-order valence-corrected chi connectivity index (χ1v) is 4.85. The van der Waals surface area contributed by atoms with E-state index in [1.165, 1.54) is 0 Å². The smallest absolute Gasteiger partial charge is 0.249 e. The van der Waals surface area contributed by atoms with Crippen LogP contribution in [-0.4, -0.2) is 42.9 Å². The van der Waals surface area contributed by atoms with Crippen LogP contribution in [0.25, 0.3) is 0 Å². The lowest BCUT2D eigenvalue weighted by Gasteiger charge is -2.41. The third-order valence-electron chi connectivity index (χ3n) is 3.09. The molecule has 0 aromatic carbocycles. The molecule has 1 saturated carbocycles. The summed E-state index contributed by atoms with van der Waals surface area (Å²) in [5.41, 5.74) is 0. The van der Waals surface area contributed by atoms with Gasteiger partial charge in [-0.25, -0.2) is 8.78 Å². The van der Waals surface area contributed by atoms with E-state index in [0.29, 0.717) is 0 Å². The van der Waals surface area contributed by atoms with Crippen LogP contribution >= 0.6 is 12.4 Å². The number of alkyl halides is 2. The molecule has 1 heterocycles. The molecule has 1 aliphatic carbocycles. The van der Waals surface area contributed by atoms with Gasteiger partial charge in [-0.3, -0.25) is 4.79 Å². The molecule has 1 amide bonds. The monoisotopic (exact) mass is 240 g/mol. The average Bonchev–Trinajstić information content (AvgIpc) is 1.95. The first-order valence-electron chi connectivity index (χ1n) is 4.85. The number of amides is 1. The van der Waals surface area contributed by atoms with Crippen molar-refractivity contribution in [2.24, 2.45) is 5.92 Å². The molecule has 2 rings (SSSR count). The van der Waals surface area contributed by atoms with Gasteiger partial charge in [0.05, 0.1) is 6.04 Å². The molecule has 0 spiro atoms. The minimum Gasteiger partial charge on any atom is -0.340 e. The predicted molar refractivity (Wildman–Crippen MR) is 54.3 cm³/mol. The average molecular weight is 241 g/mol. The Morgan fingerprint density at radius 2 is 1.93 bits per heavy atom. The molecule has 3 nitrogen and oxygen atoms in total. The van der Waals surface area contributed by atoms with Gasteiger partial charge in [-0.1, -0.05) is 0 Å². The topological polar surface area (TPSA) is 32.3 Å². The summed E-state index contributed by atoms with van der Waals surface area (Å²) in [7, 11) is 1.70. The van der Waals surface area contributed by atoms with Crippen LogP contribution in [-0.2, 0) is 4.79 Å². The lowest BCUT2D eigenvalue weighted by molar-refractivity contribution is -0.161. The van der Waals surface area contributed by atoms with E-state index in [0.717, 1.165) is 13.1 Å². The number of nitrogens with one attached hydrogen (secondary N) is 1. The van der Waals surface area contributed by atoms with Gasteiger partial charge >= 0.3 is 0 Å². The van der Waals surface area contributed by atoms with E-state index < -0.39 is 11.8 Å². The zero-order valence-corrected chi connectivity index (χ0v) is 9.32. The van der Waals surface area contributed by atoms with Gasteiger partial charge < -0.3 is 10.2 Å². The van der Waals surface area contributed by atoms with Gasteiger partial charge in [-0.05, 0) is 0 Å². The molecule has 0 unspecified atom stereocenters. The van der Waals surface area contributed by atoms with Crippen molar-refractivity contribution in [3.63, 3.8) is 0 Å². The Morgan fingerprint density at radius 1 is 1.40 bits per heavy atom. The zero-order valence-electron chi connectivity index (χ0n) is 8.50. The van der Waals surface area contributed by atoms with Crippen molar-refractivity contribution in [2.75, 3.05) is 20.1 Å². The van der Waals surface area contributed by atoms with Crippen LogP contribution < -0.4 is 5.32 Å². The molecule has 1 N–H and O–H groups in total. The fourth-order valence-electron chi connectivity index (χ4n) is 1.85. The SMILES string of the molecule is CN(C(=O)C1CC(F)(F)C1)C1CNC1.Cl. The number of rotatable bonds is 2. The second kappa shape index (κ2) is 4.22. The Bertz CT molecular complexity index is 250. The molecule has 0 atom stereocenters. The van der Waals surface area contributed by atoms with Crippen molar-refractivity contribution in [3.05, 3.63) is 0 Å². The molecular formula is C9H15ClF2N2O. The van der Waals surface area contributed by atoms with Crippen LogP contribution in [0.1, 0.15) is 12.8 Å². The Hall–Kier alpha value is -0.420. The number of hydrogen-bond acceptors (Lipinski definition) is 2. The second-order valence-electron chi connectivity index (χ2n) is 4.22. The highest BCUT2D eigenvalue weighted by molar-refractivity contribution is 5.85. The van der Waals surface area contributed by atoms with Gasteiger partial charge in [0.1, 0.15) is 0 Å². The van der Waals surface area contributed by atoms with Crippen LogP contribution in [0.15, 0.2) is 0 Å². The molecule has 0 bridgehead atoms. The van der Waals surface area contributed by atoms with E-state index in [9.17, 15) is 13.6 Å². The van der Waals surface area contributed by atoms with Gasteiger partial charge in [-0.15, -0.1) is 12.4 Å². The molecule has 0 aromatic heterocycles. The highest BCUT2D eigenvalue weighted by atomic mass is 35.5. The second-order valence-corrected chi connectivity index (χ2v) is 4.22. The van der Waals surface area contributed by atoms with E-state index in [4.69, 9.17) is 0 Å². The Morgan fingerprint density at radius 3 is 2.27 bits per heavy atom. The van der Waals surface area contributed by atoms with Crippen molar-refractivity contribution in [1.82, 2.24) is 10.2 Å². The standard InChI is InChI=1S/C9H14F2N2O.ClH/c1-13(7-4-12-5-7)8(14)6-2-9(10,11)3-6;/h6-7,12H,2-5H2,1H3;1H. The molecule has 1 saturated heterocycles. The van der Waals surface area contributed by atoms with E-state index >= 15 is 0 Å². The first kappa shape index (κ1) is 12.6. The molecular weight excluding hydrogens is 226 g/mol. The molecule has 0 radical (unpaired) electrons. The van der Waals surface area contributed by atoms with Crippen LogP contribution in [0, 0.1) is 5.92 Å². The lowest BCUT2D eigenvalue weighted by Crippen LogP contribution is -2.59. The van der Waals surface area contributed by atoms with Crippen molar-refractivity contribution in [2.45, 2.75) is 24.8 Å². The molecule has 2 fully saturated rings. The number of carbonyl (C=O) groups is 1.